The van der Waals surface area contributed by atoms with Crippen molar-refractivity contribution >= 4 is 23.7 Å². The number of aliphatic carboxylic acids is 1. The third kappa shape index (κ3) is 7.51. The zero-order valence-electron chi connectivity index (χ0n) is 20.5. The van der Waals surface area contributed by atoms with E-state index in [0.717, 1.165) is 11.5 Å². The molecule has 1 aromatic rings. The number of rotatable bonds is 7. The van der Waals surface area contributed by atoms with Gasteiger partial charge in [0.25, 0.3) is 0 Å². The van der Waals surface area contributed by atoms with Crippen molar-refractivity contribution in [1.29, 1.82) is 0 Å². The Kier molecular flexibility index (Phi) is 10.2. The van der Waals surface area contributed by atoms with Gasteiger partial charge in [0.05, 0.1) is 17.8 Å². The molecular formula is C22H34FN3O8. The predicted molar refractivity (Wildman–Crippen MR) is 119 cm³/mol. The summed E-state index contributed by atoms with van der Waals surface area (Å²) in [5.74, 6) is -3.04. The maximum Gasteiger partial charge on any atom is 0.351 e. The van der Waals surface area contributed by atoms with Crippen LogP contribution in [0.5, 0.6) is 0 Å². The van der Waals surface area contributed by atoms with Gasteiger partial charge in [0.1, 0.15) is 18.5 Å². The van der Waals surface area contributed by atoms with Gasteiger partial charge in [-0.05, 0) is 13.0 Å². The molecule has 1 saturated heterocycles. The number of anilines is 1. The average molecular weight is 488 g/mol. The molecule has 11 nitrogen and oxygen atoms in total. The molecule has 0 radical (unpaired) electrons. The van der Waals surface area contributed by atoms with Gasteiger partial charge in [0, 0.05) is 6.20 Å². The fourth-order valence-corrected chi connectivity index (χ4v) is 2.73. The number of carboxylic acid groups (broad SMARTS) is 1. The number of esters is 2. The highest BCUT2D eigenvalue weighted by Gasteiger charge is 2.58. The van der Waals surface area contributed by atoms with Crippen LogP contribution in [0.4, 0.5) is 10.2 Å². The summed E-state index contributed by atoms with van der Waals surface area (Å²) in [5, 5.41) is 7.99. The highest BCUT2D eigenvalue weighted by atomic mass is 19.1. The van der Waals surface area contributed by atoms with Gasteiger partial charge in [-0.15, -0.1) is 0 Å². The van der Waals surface area contributed by atoms with E-state index < -0.39 is 59.5 Å². The van der Waals surface area contributed by atoms with Crippen molar-refractivity contribution in [3.63, 3.8) is 0 Å². The molecule has 0 amide bonds. The van der Waals surface area contributed by atoms with Gasteiger partial charge in [-0.3, -0.25) is 19.0 Å². The molecule has 0 spiro atoms. The van der Waals surface area contributed by atoms with E-state index in [1.165, 1.54) is 12.3 Å². The molecule has 0 bridgehead atoms. The number of hydrogen-bond acceptors (Lipinski definition) is 9. The molecule has 192 valence electrons. The predicted octanol–water partition coefficient (Wildman–Crippen LogP) is 1.95. The molecule has 1 fully saturated rings. The quantitative estimate of drug-likeness (QED) is 0.544. The second-order valence-corrected chi connectivity index (χ2v) is 9.01. The van der Waals surface area contributed by atoms with Crippen molar-refractivity contribution in [3.05, 3.63) is 22.7 Å². The van der Waals surface area contributed by atoms with Crippen molar-refractivity contribution in [2.24, 2.45) is 17.8 Å². The molecule has 0 aliphatic carbocycles. The number of nitrogens with zero attached hydrogens (tertiary/aromatic N) is 2. The van der Waals surface area contributed by atoms with Crippen LogP contribution in [0.15, 0.2) is 17.1 Å². The van der Waals surface area contributed by atoms with E-state index in [1.807, 2.05) is 0 Å². The SMILES string of the molecule is CC(C)C(=O)O.CC(C)C(=O)OC[C@H]1O[C@@H](n2ccc(N)nc2=O)[C@](C)(F)[C@@H]1OC(=O)C(C)C. The second-order valence-electron chi connectivity index (χ2n) is 9.01. The molecule has 2 heterocycles. The lowest BCUT2D eigenvalue weighted by Gasteiger charge is -2.28. The third-order valence-electron chi connectivity index (χ3n) is 4.85. The molecule has 1 aliphatic rings. The number of carboxylic acids is 1. The topological polar surface area (TPSA) is 160 Å². The van der Waals surface area contributed by atoms with Gasteiger partial charge >= 0.3 is 23.6 Å². The Morgan fingerprint density at radius 2 is 1.71 bits per heavy atom. The summed E-state index contributed by atoms with van der Waals surface area (Å²) < 4.78 is 32.7. The fourth-order valence-electron chi connectivity index (χ4n) is 2.73. The number of halogens is 1. The van der Waals surface area contributed by atoms with E-state index in [0.29, 0.717) is 0 Å². The lowest BCUT2D eigenvalue weighted by molar-refractivity contribution is -0.165. The number of alkyl halides is 1. The maximum absolute atomic E-state index is 15.7. The number of ether oxygens (including phenoxy) is 3. The van der Waals surface area contributed by atoms with E-state index in [2.05, 4.69) is 4.98 Å². The summed E-state index contributed by atoms with van der Waals surface area (Å²) in [6.07, 6.45) is -2.69. The highest BCUT2D eigenvalue weighted by Crippen LogP contribution is 2.42. The van der Waals surface area contributed by atoms with Crippen LogP contribution in [-0.2, 0) is 28.6 Å². The molecule has 2 rings (SSSR count). The Bertz CT molecular complexity index is 929. The summed E-state index contributed by atoms with van der Waals surface area (Å²) >= 11 is 0. The van der Waals surface area contributed by atoms with Gasteiger partial charge < -0.3 is 25.1 Å². The van der Waals surface area contributed by atoms with Gasteiger partial charge in [-0.25, -0.2) is 9.18 Å². The fraction of sp³-hybridized carbons (Fsp3) is 0.682. The number of carbonyl (C=O) groups is 3. The zero-order valence-corrected chi connectivity index (χ0v) is 20.5. The van der Waals surface area contributed by atoms with Crippen molar-refractivity contribution < 1.29 is 38.1 Å². The van der Waals surface area contributed by atoms with Crippen LogP contribution in [0.3, 0.4) is 0 Å². The molecule has 1 aliphatic heterocycles. The Hall–Kier alpha value is -3.02. The molecule has 0 aromatic carbocycles. The van der Waals surface area contributed by atoms with E-state index in [1.54, 1.807) is 41.5 Å². The average Bonchev–Trinajstić information content (AvgIpc) is 2.96. The molecule has 0 saturated carbocycles. The number of nitrogens with two attached hydrogens (primary N) is 1. The van der Waals surface area contributed by atoms with E-state index in [-0.39, 0.29) is 18.3 Å². The summed E-state index contributed by atoms with van der Waals surface area (Å²) in [7, 11) is 0. The number of hydrogen-bond donors (Lipinski definition) is 2. The van der Waals surface area contributed by atoms with E-state index >= 15 is 4.39 Å². The van der Waals surface area contributed by atoms with Crippen molar-refractivity contribution in [3.8, 4) is 0 Å². The van der Waals surface area contributed by atoms with Crippen molar-refractivity contribution in [2.45, 2.75) is 72.6 Å². The summed E-state index contributed by atoms with van der Waals surface area (Å²) in [4.78, 5) is 49.3. The van der Waals surface area contributed by atoms with Crippen LogP contribution >= 0.6 is 0 Å². The Labute approximate surface area is 197 Å². The lowest BCUT2D eigenvalue weighted by Crippen LogP contribution is -2.46. The molecular weight excluding hydrogens is 453 g/mol. The number of carbonyl (C=O) groups excluding carboxylic acids is 2. The molecule has 0 unspecified atom stereocenters. The Morgan fingerprint density at radius 1 is 1.18 bits per heavy atom. The van der Waals surface area contributed by atoms with Gasteiger partial charge in [-0.2, -0.15) is 4.98 Å². The number of aromatic nitrogens is 2. The third-order valence-corrected chi connectivity index (χ3v) is 4.85. The molecule has 34 heavy (non-hydrogen) atoms. The minimum Gasteiger partial charge on any atom is -0.481 e. The standard InChI is InChI=1S/C18H26FN3O6.C4H8O2/c1-9(2)14(23)26-8-11-13(28-15(24)10(3)4)18(5,19)16(27-11)22-7-6-12(20)21-17(22)25;1-3(2)4(5)6/h6-7,9-11,13,16H,8H2,1-5H3,(H2,20,21,25);3H,1-2H3,(H,5,6)/t11-,13-,16-,18-;/m1./s1. The number of nitrogen functional groups attached to an aromatic ring is 1. The van der Waals surface area contributed by atoms with Crippen LogP contribution in [0, 0.1) is 17.8 Å². The first-order valence-corrected chi connectivity index (χ1v) is 10.9. The van der Waals surface area contributed by atoms with Crippen molar-refractivity contribution in [1.82, 2.24) is 9.55 Å². The minimum atomic E-state index is -2.29. The smallest absolute Gasteiger partial charge is 0.351 e. The monoisotopic (exact) mass is 487 g/mol. The minimum absolute atomic E-state index is 0.0231. The van der Waals surface area contributed by atoms with Gasteiger partial charge in [0.2, 0.25) is 0 Å². The first-order chi connectivity index (χ1) is 15.6. The Morgan fingerprint density at radius 3 is 2.15 bits per heavy atom. The summed E-state index contributed by atoms with van der Waals surface area (Å²) in [6.45, 7) is 10.6. The normalized spacial score (nSPS) is 24.0. The van der Waals surface area contributed by atoms with Gasteiger partial charge in [-0.1, -0.05) is 41.5 Å². The Balaban J connectivity index is 0.000000852. The van der Waals surface area contributed by atoms with Crippen molar-refractivity contribution in [2.75, 3.05) is 12.3 Å². The van der Waals surface area contributed by atoms with Crippen LogP contribution < -0.4 is 11.4 Å². The van der Waals surface area contributed by atoms with Crippen LogP contribution in [0.2, 0.25) is 0 Å². The first-order valence-electron chi connectivity index (χ1n) is 10.9. The van der Waals surface area contributed by atoms with Crippen LogP contribution in [-0.4, -0.2) is 57.0 Å². The first kappa shape index (κ1) is 29.0. The molecule has 1 aromatic heterocycles. The van der Waals surface area contributed by atoms with Gasteiger partial charge in [0.15, 0.2) is 18.0 Å². The molecule has 12 heteroatoms. The van der Waals surface area contributed by atoms with E-state index in [4.69, 9.17) is 25.1 Å². The van der Waals surface area contributed by atoms with Crippen LogP contribution in [0.1, 0.15) is 54.7 Å². The highest BCUT2D eigenvalue weighted by molar-refractivity contribution is 5.72. The second kappa shape index (κ2) is 11.9. The molecule has 4 atom stereocenters. The summed E-state index contributed by atoms with van der Waals surface area (Å²) in [6, 6.07) is 1.32. The maximum atomic E-state index is 15.7. The van der Waals surface area contributed by atoms with Crippen LogP contribution in [0.25, 0.3) is 0 Å². The lowest BCUT2D eigenvalue weighted by atomic mass is 9.98. The largest absolute Gasteiger partial charge is 0.481 e. The summed E-state index contributed by atoms with van der Waals surface area (Å²) in [5.41, 5.74) is 2.36. The van der Waals surface area contributed by atoms with E-state index in [9.17, 15) is 19.2 Å². The zero-order chi connectivity index (χ0) is 26.4. The molecule has 3 N–H and O–H groups in total.